The van der Waals surface area contributed by atoms with E-state index in [9.17, 15) is 4.79 Å². The minimum atomic E-state index is -0.0788. The van der Waals surface area contributed by atoms with Crippen molar-refractivity contribution in [1.82, 2.24) is 0 Å². The Morgan fingerprint density at radius 2 is 2.12 bits per heavy atom. The van der Waals surface area contributed by atoms with Crippen LogP contribution in [-0.2, 0) is 0 Å². The van der Waals surface area contributed by atoms with Crippen LogP contribution in [0.4, 0.5) is 5.69 Å². The minimum Gasteiger partial charge on any atom is -0.494 e. The molecule has 0 radical (unpaired) electrons. The zero-order valence-electron chi connectivity index (χ0n) is 9.07. The van der Waals surface area contributed by atoms with Crippen molar-refractivity contribution in [3.8, 4) is 5.75 Å². The number of methoxy groups -OCH3 is 1. The number of carbonyl (C=O) groups is 1. The first-order valence-corrected chi connectivity index (χ1v) is 6.47. The molecule has 1 aromatic carbocycles. The molecule has 0 bridgehead atoms. The predicted octanol–water partition coefficient (Wildman–Crippen LogP) is 3.33. The van der Waals surface area contributed by atoms with Gasteiger partial charge in [0.2, 0.25) is 5.78 Å². The van der Waals surface area contributed by atoms with Crippen LogP contribution >= 0.6 is 27.3 Å². The molecule has 0 spiro atoms. The summed E-state index contributed by atoms with van der Waals surface area (Å²) in [5.74, 6) is 0.354. The van der Waals surface area contributed by atoms with Gasteiger partial charge in [-0.05, 0) is 40.2 Å². The fourth-order valence-corrected chi connectivity index (χ4v) is 2.87. The maximum atomic E-state index is 12.2. The summed E-state index contributed by atoms with van der Waals surface area (Å²) in [7, 11) is 1.51. The van der Waals surface area contributed by atoms with Crippen LogP contribution < -0.4 is 10.5 Å². The summed E-state index contributed by atoms with van der Waals surface area (Å²) in [5, 5.41) is 0. The number of para-hydroxylation sites is 1. The van der Waals surface area contributed by atoms with Gasteiger partial charge in [0.1, 0.15) is 0 Å². The first-order chi connectivity index (χ1) is 8.13. The summed E-state index contributed by atoms with van der Waals surface area (Å²) >= 11 is 4.72. The Labute approximate surface area is 111 Å². The zero-order chi connectivity index (χ0) is 12.4. The van der Waals surface area contributed by atoms with E-state index in [0.29, 0.717) is 21.9 Å². The zero-order valence-corrected chi connectivity index (χ0v) is 11.5. The van der Waals surface area contributed by atoms with Crippen molar-refractivity contribution in [2.45, 2.75) is 0 Å². The number of hydrogen-bond donors (Lipinski definition) is 1. The van der Waals surface area contributed by atoms with Crippen LogP contribution in [0.2, 0.25) is 0 Å². The molecule has 88 valence electrons. The molecule has 1 heterocycles. The van der Waals surface area contributed by atoms with E-state index in [1.807, 2.05) is 6.07 Å². The molecular formula is C12H10BrNO2S. The molecule has 0 fully saturated rings. The SMILES string of the molecule is COc1c(N)cccc1C(=O)c1ccc(Br)s1. The molecule has 3 nitrogen and oxygen atoms in total. The molecule has 2 rings (SSSR count). The van der Waals surface area contributed by atoms with Gasteiger partial charge in [-0.2, -0.15) is 0 Å². The topological polar surface area (TPSA) is 52.3 Å². The summed E-state index contributed by atoms with van der Waals surface area (Å²) in [6.07, 6.45) is 0. The molecule has 2 N–H and O–H groups in total. The van der Waals surface area contributed by atoms with Gasteiger partial charge in [0.25, 0.3) is 0 Å². The smallest absolute Gasteiger partial charge is 0.206 e. The Hall–Kier alpha value is -1.33. The summed E-state index contributed by atoms with van der Waals surface area (Å²) in [6.45, 7) is 0. The molecule has 0 saturated carbocycles. The van der Waals surface area contributed by atoms with E-state index in [-0.39, 0.29) is 5.78 Å². The highest BCUT2D eigenvalue weighted by Crippen LogP contribution is 2.31. The molecule has 17 heavy (non-hydrogen) atoms. The number of carbonyl (C=O) groups excluding carboxylic acids is 1. The second-order valence-electron chi connectivity index (χ2n) is 3.36. The fourth-order valence-electron chi connectivity index (χ4n) is 1.53. The van der Waals surface area contributed by atoms with Crippen LogP contribution in [-0.4, -0.2) is 12.9 Å². The average molecular weight is 312 g/mol. The van der Waals surface area contributed by atoms with E-state index in [2.05, 4.69) is 15.9 Å². The van der Waals surface area contributed by atoms with E-state index in [1.54, 1.807) is 24.3 Å². The third-order valence-electron chi connectivity index (χ3n) is 2.29. The highest BCUT2D eigenvalue weighted by molar-refractivity contribution is 9.11. The van der Waals surface area contributed by atoms with Crippen molar-refractivity contribution < 1.29 is 9.53 Å². The number of ether oxygens (including phenoxy) is 1. The highest BCUT2D eigenvalue weighted by Gasteiger charge is 2.17. The van der Waals surface area contributed by atoms with Crippen LogP contribution in [0.15, 0.2) is 34.1 Å². The van der Waals surface area contributed by atoms with Crippen LogP contribution in [0.25, 0.3) is 0 Å². The molecular weight excluding hydrogens is 302 g/mol. The number of halogens is 1. The molecule has 0 unspecified atom stereocenters. The van der Waals surface area contributed by atoms with Gasteiger partial charge in [-0.25, -0.2) is 0 Å². The summed E-state index contributed by atoms with van der Waals surface area (Å²) in [6, 6.07) is 8.79. The van der Waals surface area contributed by atoms with Crippen LogP contribution in [0, 0.1) is 0 Å². The lowest BCUT2D eigenvalue weighted by atomic mass is 10.1. The molecule has 0 atom stereocenters. The molecule has 0 aliphatic carbocycles. The number of benzene rings is 1. The number of anilines is 1. The summed E-state index contributed by atoms with van der Waals surface area (Å²) in [4.78, 5) is 12.9. The summed E-state index contributed by atoms with van der Waals surface area (Å²) < 4.78 is 6.09. The number of hydrogen-bond acceptors (Lipinski definition) is 4. The molecule has 0 aliphatic heterocycles. The van der Waals surface area contributed by atoms with Gasteiger partial charge in [-0.1, -0.05) is 6.07 Å². The van der Waals surface area contributed by atoms with Gasteiger partial charge in [0.05, 0.1) is 27.0 Å². The standard InChI is InChI=1S/C12H10BrNO2S/c1-16-12-7(3-2-4-8(12)14)11(15)9-5-6-10(13)17-9/h2-6H,14H2,1H3. The predicted molar refractivity (Wildman–Crippen MR) is 72.9 cm³/mol. The second-order valence-corrected chi connectivity index (χ2v) is 5.82. The lowest BCUT2D eigenvalue weighted by Crippen LogP contribution is -2.04. The first kappa shape index (κ1) is 12.1. The Morgan fingerprint density at radius 3 is 2.71 bits per heavy atom. The Morgan fingerprint density at radius 1 is 1.35 bits per heavy atom. The van der Waals surface area contributed by atoms with Crippen molar-refractivity contribution >= 4 is 38.7 Å². The third-order valence-corrected chi connectivity index (χ3v) is 3.91. The molecule has 0 saturated heterocycles. The lowest BCUT2D eigenvalue weighted by molar-refractivity contribution is 0.103. The van der Waals surface area contributed by atoms with Crippen molar-refractivity contribution in [3.05, 3.63) is 44.6 Å². The van der Waals surface area contributed by atoms with Crippen molar-refractivity contribution in [3.63, 3.8) is 0 Å². The van der Waals surface area contributed by atoms with E-state index < -0.39 is 0 Å². The Bertz CT molecular complexity index is 565. The van der Waals surface area contributed by atoms with Crippen molar-refractivity contribution in [1.29, 1.82) is 0 Å². The van der Waals surface area contributed by atoms with Gasteiger partial charge in [-0.15, -0.1) is 11.3 Å². The fraction of sp³-hybridized carbons (Fsp3) is 0.0833. The number of ketones is 1. The number of thiophene rings is 1. The van der Waals surface area contributed by atoms with E-state index in [1.165, 1.54) is 18.4 Å². The van der Waals surface area contributed by atoms with Crippen LogP contribution in [0.5, 0.6) is 5.75 Å². The Balaban J connectivity index is 2.47. The van der Waals surface area contributed by atoms with Gasteiger partial charge >= 0.3 is 0 Å². The van der Waals surface area contributed by atoms with Crippen molar-refractivity contribution in [2.75, 3.05) is 12.8 Å². The third kappa shape index (κ3) is 2.35. The largest absolute Gasteiger partial charge is 0.494 e. The van der Waals surface area contributed by atoms with Gasteiger partial charge < -0.3 is 10.5 Å². The maximum Gasteiger partial charge on any atom is 0.206 e. The van der Waals surface area contributed by atoms with Gasteiger partial charge in [0.15, 0.2) is 5.75 Å². The Kier molecular flexibility index (Phi) is 3.49. The molecule has 0 amide bonds. The van der Waals surface area contributed by atoms with Gasteiger partial charge in [-0.3, -0.25) is 4.79 Å². The maximum absolute atomic E-state index is 12.2. The van der Waals surface area contributed by atoms with Crippen LogP contribution in [0.1, 0.15) is 15.2 Å². The van der Waals surface area contributed by atoms with Crippen LogP contribution in [0.3, 0.4) is 0 Å². The minimum absolute atomic E-state index is 0.0788. The molecule has 2 aromatic rings. The first-order valence-electron chi connectivity index (χ1n) is 4.86. The average Bonchev–Trinajstić information content (AvgIpc) is 2.74. The number of nitrogens with two attached hydrogens (primary N) is 1. The normalized spacial score (nSPS) is 10.2. The lowest BCUT2D eigenvalue weighted by Gasteiger charge is -2.08. The number of nitrogen functional groups attached to an aromatic ring is 1. The second kappa shape index (κ2) is 4.89. The van der Waals surface area contributed by atoms with Gasteiger partial charge in [0, 0.05) is 0 Å². The monoisotopic (exact) mass is 311 g/mol. The van der Waals surface area contributed by atoms with E-state index >= 15 is 0 Å². The highest BCUT2D eigenvalue weighted by atomic mass is 79.9. The van der Waals surface area contributed by atoms with Crippen molar-refractivity contribution in [2.24, 2.45) is 0 Å². The molecule has 0 aliphatic rings. The molecule has 1 aromatic heterocycles. The van der Waals surface area contributed by atoms with E-state index in [0.717, 1.165) is 3.79 Å². The van der Waals surface area contributed by atoms with E-state index in [4.69, 9.17) is 10.5 Å². The summed E-state index contributed by atoms with van der Waals surface area (Å²) in [5.41, 5.74) is 6.72. The quantitative estimate of drug-likeness (QED) is 0.698. The number of rotatable bonds is 3. The molecule has 5 heteroatoms.